The first-order valence-electron chi connectivity index (χ1n) is 11.1. The minimum atomic E-state index is -0.796. The monoisotopic (exact) mass is 465 g/mol. The summed E-state index contributed by atoms with van der Waals surface area (Å²) in [5, 5.41) is 11.2. The Labute approximate surface area is 197 Å². The highest BCUT2D eigenvalue weighted by Gasteiger charge is 2.44. The van der Waals surface area contributed by atoms with Crippen LogP contribution in [-0.4, -0.2) is 47.4 Å². The number of methoxy groups -OCH3 is 1. The molecule has 8 nitrogen and oxygen atoms in total. The minimum Gasteiger partial charge on any atom is -0.438 e. The molecule has 0 aliphatic carbocycles. The first kappa shape index (κ1) is 21.8. The minimum absolute atomic E-state index is 0.129. The Hall–Kier alpha value is -3.04. The smallest absolute Gasteiger partial charge is 0.232 e. The number of para-hydroxylation sites is 1. The van der Waals surface area contributed by atoms with Crippen molar-refractivity contribution in [3.63, 3.8) is 0 Å². The van der Waals surface area contributed by atoms with Crippen LogP contribution in [0.5, 0.6) is 11.6 Å². The number of ether oxygens (including phenoxy) is 2. The number of benzene rings is 1. The zero-order valence-electron chi connectivity index (χ0n) is 18.9. The van der Waals surface area contributed by atoms with Crippen LogP contribution in [-0.2, 0) is 9.53 Å². The van der Waals surface area contributed by atoms with Crippen molar-refractivity contribution in [2.24, 2.45) is 5.41 Å². The molecule has 0 bridgehead atoms. The van der Waals surface area contributed by atoms with Crippen molar-refractivity contribution < 1.29 is 14.3 Å². The van der Waals surface area contributed by atoms with Gasteiger partial charge in [-0.05, 0) is 31.0 Å². The average molecular weight is 466 g/mol. The highest BCUT2D eigenvalue weighted by molar-refractivity contribution is 7.13. The maximum absolute atomic E-state index is 13.4. The standard InChI is InChI=1S/C24H27N5O3S/c1-24(2,22(30)27-23-28-25-14-33-23)20-16-8-4-5-9-18(16)32-21-17(20)10-11-19(26-21)29-12-6-7-15(29)13-31-3/h4-5,8-11,14-15,20H,6-7,12-13H2,1-3H3,(H,27,28,30)/t15-,20+/m1/s1. The lowest BCUT2D eigenvalue weighted by Crippen LogP contribution is -2.38. The van der Waals surface area contributed by atoms with E-state index < -0.39 is 5.41 Å². The number of hydrogen-bond acceptors (Lipinski definition) is 8. The summed E-state index contributed by atoms with van der Waals surface area (Å²) in [5.41, 5.74) is 2.67. The molecule has 1 N–H and O–H groups in total. The predicted molar refractivity (Wildman–Crippen MR) is 127 cm³/mol. The number of carbonyl (C=O) groups excluding carboxylic acids is 1. The Morgan fingerprint density at radius 2 is 2.12 bits per heavy atom. The van der Waals surface area contributed by atoms with Crippen LogP contribution in [0.25, 0.3) is 0 Å². The van der Waals surface area contributed by atoms with E-state index in [0.717, 1.165) is 42.1 Å². The summed E-state index contributed by atoms with van der Waals surface area (Å²) in [4.78, 5) is 20.6. The highest BCUT2D eigenvalue weighted by atomic mass is 32.1. The molecule has 2 aliphatic heterocycles. The van der Waals surface area contributed by atoms with Crippen molar-refractivity contribution in [2.75, 3.05) is 30.5 Å². The average Bonchev–Trinajstić information content (AvgIpc) is 3.49. The van der Waals surface area contributed by atoms with Crippen LogP contribution in [0.4, 0.5) is 10.9 Å². The molecule has 2 atom stereocenters. The fourth-order valence-electron chi connectivity index (χ4n) is 4.88. The molecule has 2 aliphatic rings. The van der Waals surface area contributed by atoms with Crippen LogP contribution in [0.3, 0.4) is 0 Å². The zero-order chi connectivity index (χ0) is 23.0. The molecule has 0 unspecified atom stereocenters. The van der Waals surface area contributed by atoms with Gasteiger partial charge in [0.1, 0.15) is 17.1 Å². The predicted octanol–water partition coefficient (Wildman–Crippen LogP) is 4.45. The van der Waals surface area contributed by atoms with Gasteiger partial charge in [0.25, 0.3) is 0 Å². The molecule has 33 heavy (non-hydrogen) atoms. The molecule has 3 aromatic rings. The number of pyridine rings is 1. The number of nitrogens with one attached hydrogen (secondary N) is 1. The van der Waals surface area contributed by atoms with E-state index >= 15 is 0 Å². The van der Waals surface area contributed by atoms with Crippen LogP contribution in [0, 0.1) is 5.41 Å². The lowest BCUT2D eigenvalue weighted by atomic mass is 9.70. The summed E-state index contributed by atoms with van der Waals surface area (Å²) in [5.74, 6) is 1.79. The van der Waals surface area contributed by atoms with Gasteiger partial charge >= 0.3 is 0 Å². The number of carbonyl (C=O) groups is 1. The van der Waals surface area contributed by atoms with Crippen LogP contribution in [0.15, 0.2) is 41.9 Å². The third-order valence-electron chi connectivity index (χ3n) is 6.54. The van der Waals surface area contributed by atoms with Crippen molar-refractivity contribution >= 4 is 28.2 Å². The van der Waals surface area contributed by atoms with Gasteiger partial charge in [-0.3, -0.25) is 4.79 Å². The van der Waals surface area contributed by atoms with E-state index in [1.807, 2.05) is 44.2 Å². The topological polar surface area (TPSA) is 89.5 Å². The van der Waals surface area contributed by atoms with Gasteiger partial charge < -0.3 is 19.7 Å². The lowest BCUT2D eigenvalue weighted by molar-refractivity contribution is -0.124. The second-order valence-corrected chi connectivity index (χ2v) is 9.83. The fraction of sp³-hybridized carbons (Fsp3) is 0.417. The second kappa shape index (κ2) is 8.72. The van der Waals surface area contributed by atoms with E-state index in [4.69, 9.17) is 14.5 Å². The first-order chi connectivity index (χ1) is 16.0. The maximum Gasteiger partial charge on any atom is 0.232 e. The molecule has 1 fully saturated rings. The summed E-state index contributed by atoms with van der Waals surface area (Å²) >= 11 is 1.30. The number of nitrogens with zero attached hydrogens (tertiary/aromatic N) is 4. The number of aromatic nitrogens is 3. The quantitative estimate of drug-likeness (QED) is 0.575. The number of amides is 1. The van der Waals surface area contributed by atoms with Crippen molar-refractivity contribution in [2.45, 2.75) is 38.6 Å². The Balaban J connectivity index is 1.53. The third-order valence-corrected chi connectivity index (χ3v) is 7.15. The van der Waals surface area contributed by atoms with Crippen molar-refractivity contribution in [1.29, 1.82) is 0 Å². The molecule has 4 heterocycles. The van der Waals surface area contributed by atoms with Gasteiger partial charge in [0, 0.05) is 30.7 Å². The van der Waals surface area contributed by atoms with Crippen molar-refractivity contribution in [3.8, 4) is 11.6 Å². The Bertz CT molecular complexity index is 1150. The normalized spacial score (nSPS) is 19.5. The molecule has 9 heteroatoms. The molecule has 1 amide bonds. The molecule has 2 aromatic heterocycles. The summed E-state index contributed by atoms with van der Waals surface area (Å²) < 4.78 is 11.7. The van der Waals surface area contributed by atoms with Gasteiger partial charge in [0.05, 0.1) is 18.1 Å². The molecule has 5 rings (SSSR count). The van der Waals surface area contributed by atoms with Crippen LogP contribution in [0.2, 0.25) is 0 Å². The molecular formula is C24H27N5O3S. The molecule has 0 saturated carbocycles. The SMILES string of the molecule is COC[C@H]1CCCN1c1ccc2c(n1)Oc1ccccc1[C@@H]2C(C)(C)C(=O)Nc1nncs1. The maximum atomic E-state index is 13.4. The van der Waals surface area contributed by atoms with Gasteiger partial charge in [0.15, 0.2) is 0 Å². The van der Waals surface area contributed by atoms with E-state index in [1.165, 1.54) is 11.3 Å². The van der Waals surface area contributed by atoms with Gasteiger partial charge in [-0.2, -0.15) is 4.98 Å². The van der Waals surface area contributed by atoms with Crippen molar-refractivity contribution in [3.05, 3.63) is 53.0 Å². The summed E-state index contributed by atoms with van der Waals surface area (Å²) in [6, 6.07) is 12.3. The molecular weight excluding hydrogens is 438 g/mol. The number of fused-ring (bicyclic) bond motifs is 2. The van der Waals surface area contributed by atoms with Crippen LogP contribution >= 0.6 is 11.3 Å². The van der Waals surface area contributed by atoms with Crippen LogP contribution in [0.1, 0.15) is 43.7 Å². The molecule has 0 radical (unpaired) electrons. The second-order valence-electron chi connectivity index (χ2n) is 9.00. The van der Waals surface area contributed by atoms with Crippen LogP contribution < -0.4 is 15.0 Å². The Morgan fingerprint density at radius 3 is 2.91 bits per heavy atom. The summed E-state index contributed by atoms with van der Waals surface area (Å²) in [6.45, 7) is 5.51. The number of hydrogen-bond donors (Lipinski definition) is 1. The van der Waals surface area contributed by atoms with E-state index in [0.29, 0.717) is 23.7 Å². The van der Waals surface area contributed by atoms with Gasteiger partial charge in [-0.1, -0.05) is 43.4 Å². The third kappa shape index (κ3) is 3.95. The molecule has 0 spiro atoms. The highest BCUT2D eigenvalue weighted by Crippen LogP contribution is 2.52. The largest absolute Gasteiger partial charge is 0.438 e. The number of anilines is 2. The Kier molecular flexibility index (Phi) is 5.76. The lowest BCUT2D eigenvalue weighted by Gasteiger charge is -2.38. The van der Waals surface area contributed by atoms with Gasteiger partial charge in [-0.25, -0.2) is 0 Å². The van der Waals surface area contributed by atoms with Gasteiger partial charge in [0.2, 0.25) is 16.9 Å². The molecule has 1 aromatic carbocycles. The first-order valence-corrected chi connectivity index (χ1v) is 12.0. The zero-order valence-corrected chi connectivity index (χ0v) is 19.8. The van der Waals surface area contributed by atoms with E-state index in [2.05, 4.69) is 26.5 Å². The summed E-state index contributed by atoms with van der Waals surface area (Å²) in [6.07, 6.45) is 2.19. The van der Waals surface area contributed by atoms with E-state index in [9.17, 15) is 4.79 Å². The number of rotatable bonds is 6. The van der Waals surface area contributed by atoms with E-state index in [1.54, 1.807) is 12.6 Å². The summed E-state index contributed by atoms with van der Waals surface area (Å²) in [7, 11) is 1.73. The fourth-order valence-corrected chi connectivity index (χ4v) is 5.32. The van der Waals surface area contributed by atoms with Crippen molar-refractivity contribution in [1.82, 2.24) is 15.2 Å². The van der Waals surface area contributed by atoms with Gasteiger partial charge in [-0.15, -0.1) is 10.2 Å². The molecule has 1 saturated heterocycles. The van der Waals surface area contributed by atoms with E-state index in [-0.39, 0.29) is 11.8 Å². The Morgan fingerprint density at radius 1 is 1.27 bits per heavy atom. The molecule has 172 valence electrons.